The Balaban J connectivity index is 3.23. The van der Waals surface area contributed by atoms with E-state index >= 15 is 0 Å². The third kappa shape index (κ3) is 8.02. The summed E-state index contributed by atoms with van der Waals surface area (Å²) in [5, 5.41) is 3.11. The number of nitrogens with one attached hydrogen (secondary N) is 1. The standard InChI is InChI=1S/C4H10NO.C2H5.2BrH.Sn/c1-3-5-4-6-2;1-2;;;/h5H,2-4H2,1H3;1H2,2H3;2*1H;/q;;;;+2/p-2. The molecule has 0 aliphatic rings. The van der Waals surface area contributed by atoms with Gasteiger partial charge in [0.1, 0.15) is 0 Å². The van der Waals surface area contributed by atoms with Crippen molar-refractivity contribution in [1.29, 1.82) is 0 Å². The van der Waals surface area contributed by atoms with Gasteiger partial charge in [0.15, 0.2) is 0 Å². The van der Waals surface area contributed by atoms with Crippen molar-refractivity contribution < 1.29 is 4.74 Å². The summed E-state index contributed by atoms with van der Waals surface area (Å²) in [6.45, 7) is 5.91. The molecule has 0 fully saturated rings. The third-order valence-electron chi connectivity index (χ3n) is 1.28. The van der Waals surface area contributed by atoms with Crippen LogP contribution in [-0.2, 0) is 4.74 Å². The van der Waals surface area contributed by atoms with Gasteiger partial charge in [-0.2, -0.15) is 0 Å². The Morgan fingerprint density at radius 2 is 2.00 bits per heavy atom. The zero-order chi connectivity index (χ0) is 8.74. The van der Waals surface area contributed by atoms with Crippen LogP contribution in [0, 0.1) is 0 Å². The second kappa shape index (κ2) is 7.12. The van der Waals surface area contributed by atoms with Gasteiger partial charge in [0.05, 0.1) is 0 Å². The van der Waals surface area contributed by atoms with Crippen LogP contribution in [0.25, 0.3) is 0 Å². The van der Waals surface area contributed by atoms with E-state index in [9.17, 15) is 0 Å². The van der Waals surface area contributed by atoms with Crippen LogP contribution in [0.5, 0.6) is 0 Å². The molecule has 0 aromatic rings. The monoisotopic (exact) mass is 395 g/mol. The van der Waals surface area contributed by atoms with Gasteiger partial charge in [0, 0.05) is 0 Å². The second-order valence-corrected chi connectivity index (χ2v) is 37.5. The number of hydrogen-bond acceptors (Lipinski definition) is 2. The summed E-state index contributed by atoms with van der Waals surface area (Å²) < 4.78 is 7.51. The molecule has 11 heavy (non-hydrogen) atoms. The van der Waals surface area contributed by atoms with Crippen molar-refractivity contribution in [3.63, 3.8) is 0 Å². The van der Waals surface area contributed by atoms with E-state index in [0.29, 0.717) is 6.73 Å². The normalized spacial score (nSPS) is 12.0. The molecule has 0 unspecified atom stereocenters. The molecule has 0 saturated heterocycles. The van der Waals surface area contributed by atoms with E-state index in [4.69, 9.17) is 4.74 Å². The van der Waals surface area contributed by atoms with Gasteiger partial charge in [0.25, 0.3) is 0 Å². The minimum atomic E-state index is -2.04. The van der Waals surface area contributed by atoms with Crippen molar-refractivity contribution in [3.05, 3.63) is 0 Å². The van der Waals surface area contributed by atoms with Crippen molar-refractivity contribution in [1.82, 2.24) is 5.32 Å². The summed E-state index contributed by atoms with van der Waals surface area (Å²) >= 11 is 5.37. The third-order valence-corrected chi connectivity index (χ3v) is 16.6. The van der Waals surface area contributed by atoms with Crippen molar-refractivity contribution in [2.24, 2.45) is 0 Å². The molecule has 5 heteroatoms. The van der Waals surface area contributed by atoms with E-state index in [-0.39, 0.29) is 0 Å². The molecule has 0 radical (unpaired) electrons. The van der Waals surface area contributed by atoms with Gasteiger partial charge in [-0.1, -0.05) is 0 Å². The van der Waals surface area contributed by atoms with Crippen LogP contribution in [0.4, 0.5) is 0 Å². The van der Waals surface area contributed by atoms with E-state index in [1.54, 1.807) is 0 Å². The van der Waals surface area contributed by atoms with Gasteiger partial charge in [-0.05, 0) is 0 Å². The van der Waals surface area contributed by atoms with Crippen LogP contribution >= 0.6 is 25.4 Å². The zero-order valence-corrected chi connectivity index (χ0v) is 13.0. The Labute approximate surface area is 84.8 Å². The van der Waals surface area contributed by atoms with Crippen LogP contribution in [0.15, 0.2) is 0 Å². The molecule has 0 saturated carbocycles. The van der Waals surface area contributed by atoms with Gasteiger partial charge in [-0.25, -0.2) is 0 Å². The molecule has 68 valence electrons. The maximum atomic E-state index is 5.42. The Hall–Kier alpha value is 1.68. The fourth-order valence-corrected chi connectivity index (χ4v) is 4.37. The molecular formula is C6H15Br2NOSn. The van der Waals surface area contributed by atoms with Crippen LogP contribution < -0.4 is 5.32 Å². The molecule has 0 rings (SSSR count). The first-order chi connectivity index (χ1) is 5.12. The van der Waals surface area contributed by atoms with Gasteiger partial charge >= 0.3 is 85.6 Å². The maximum absolute atomic E-state index is 5.42. The van der Waals surface area contributed by atoms with Crippen LogP contribution in [0.3, 0.4) is 0 Å². The number of halogens is 2. The fraction of sp³-hybridized carbons (Fsp3) is 1.00. The Morgan fingerprint density at radius 1 is 1.36 bits per heavy atom. The van der Waals surface area contributed by atoms with Crippen molar-refractivity contribution in [2.45, 2.75) is 18.3 Å². The van der Waals surface area contributed by atoms with E-state index < -0.39 is 13.9 Å². The van der Waals surface area contributed by atoms with Crippen LogP contribution in [0.2, 0.25) is 4.44 Å². The summed E-state index contributed by atoms with van der Waals surface area (Å²) in [6.07, 6.45) is 0. The molecule has 0 heterocycles. The summed E-state index contributed by atoms with van der Waals surface area (Å²) in [5.74, 6) is 0. The topological polar surface area (TPSA) is 21.3 Å². The summed E-state index contributed by atoms with van der Waals surface area (Å²) in [5.41, 5.74) is 0. The second-order valence-electron chi connectivity index (χ2n) is 2.31. The van der Waals surface area contributed by atoms with Gasteiger partial charge in [-0.3, -0.25) is 0 Å². The number of ether oxygens (including phenoxy) is 1. The molecule has 0 bridgehead atoms. The van der Waals surface area contributed by atoms with E-state index in [2.05, 4.69) is 44.6 Å². The first-order valence-electron chi connectivity index (χ1n) is 3.78. The Bertz CT molecular complexity index is 103. The average molecular weight is 396 g/mol. The molecule has 0 amide bonds. The predicted molar refractivity (Wildman–Crippen MR) is 58.6 cm³/mol. The SMILES string of the molecule is CCNCO[CH2][Sn]([Br])([Br])[CH2]C. The molecule has 0 aliphatic heterocycles. The molecular weight excluding hydrogens is 381 g/mol. The van der Waals surface area contributed by atoms with E-state index in [1.807, 2.05) is 0 Å². The molecule has 0 atom stereocenters. The van der Waals surface area contributed by atoms with Crippen molar-refractivity contribution in [3.8, 4) is 0 Å². The Kier molecular flexibility index (Phi) is 8.20. The van der Waals surface area contributed by atoms with Crippen molar-refractivity contribution in [2.75, 3.05) is 17.9 Å². The quantitative estimate of drug-likeness (QED) is 0.423. The molecule has 0 aromatic heterocycles. The van der Waals surface area contributed by atoms with Gasteiger partial charge in [-0.15, -0.1) is 0 Å². The number of rotatable bonds is 6. The number of hydrogen-bond donors (Lipinski definition) is 1. The average Bonchev–Trinajstić information content (AvgIpc) is 1.99. The van der Waals surface area contributed by atoms with E-state index in [1.165, 1.54) is 4.44 Å². The first kappa shape index (κ1) is 12.7. The van der Waals surface area contributed by atoms with Crippen molar-refractivity contribution >= 4 is 39.3 Å². The fourth-order valence-electron chi connectivity index (χ4n) is 0.477. The molecule has 1 N–H and O–H groups in total. The Morgan fingerprint density at radius 3 is 2.45 bits per heavy atom. The zero-order valence-electron chi connectivity index (χ0n) is 6.99. The van der Waals surface area contributed by atoms with Gasteiger partial charge < -0.3 is 0 Å². The summed E-state index contributed by atoms with van der Waals surface area (Å²) in [7, 11) is 0. The molecule has 0 aliphatic carbocycles. The van der Waals surface area contributed by atoms with Crippen LogP contribution in [0.1, 0.15) is 13.8 Å². The van der Waals surface area contributed by atoms with Crippen LogP contribution in [-0.4, -0.2) is 31.8 Å². The predicted octanol–water partition coefficient (Wildman–Crippen LogP) is 2.36. The molecule has 2 nitrogen and oxygen atoms in total. The first-order valence-corrected chi connectivity index (χ1v) is 20.6. The van der Waals surface area contributed by atoms with E-state index in [0.717, 1.165) is 11.2 Å². The van der Waals surface area contributed by atoms with Gasteiger partial charge in [0.2, 0.25) is 0 Å². The summed E-state index contributed by atoms with van der Waals surface area (Å²) in [6, 6.07) is 0. The molecule has 0 spiro atoms. The molecule has 0 aromatic carbocycles. The minimum absolute atomic E-state index is 0.673. The summed E-state index contributed by atoms with van der Waals surface area (Å²) in [4.78, 5) is 0.